The SMILES string of the molecule is CC(C)n1c(CCC(=O)O)cc2ccc(F)cc21. The number of halogens is 1. The minimum absolute atomic E-state index is 0.0888. The highest BCUT2D eigenvalue weighted by Crippen LogP contribution is 2.25. The summed E-state index contributed by atoms with van der Waals surface area (Å²) in [6, 6.07) is 6.77. The van der Waals surface area contributed by atoms with Crippen molar-refractivity contribution in [3.8, 4) is 0 Å². The molecule has 2 rings (SSSR count). The maximum absolute atomic E-state index is 13.3. The molecule has 0 fully saturated rings. The first-order valence-corrected chi connectivity index (χ1v) is 6.00. The van der Waals surface area contributed by atoms with Crippen LogP contribution in [0.2, 0.25) is 0 Å². The summed E-state index contributed by atoms with van der Waals surface area (Å²) < 4.78 is 15.3. The second kappa shape index (κ2) is 4.80. The van der Waals surface area contributed by atoms with Crippen LogP contribution < -0.4 is 0 Å². The fourth-order valence-corrected chi connectivity index (χ4v) is 2.29. The molecule has 0 radical (unpaired) electrons. The van der Waals surface area contributed by atoms with Crippen LogP contribution in [0.3, 0.4) is 0 Å². The van der Waals surface area contributed by atoms with E-state index in [9.17, 15) is 9.18 Å². The Morgan fingerprint density at radius 1 is 1.39 bits per heavy atom. The summed E-state index contributed by atoms with van der Waals surface area (Å²) in [5, 5.41) is 9.70. The molecular weight excluding hydrogens is 233 g/mol. The average Bonchev–Trinajstić information content (AvgIpc) is 2.63. The zero-order chi connectivity index (χ0) is 13.3. The number of fused-ring (bicyclic) bond motifs is 1. The van der Waals surface area contributed by atoms with Crippen LogP contribution in [0.1, 0.15) is 32.0 Å². The molecule has 0 saturated carbocycles. The number of rotatable bonds is 4. The van der Waals surface area contributed by atoms with Crippen LogP contribution in [0.25, 0.3) is 10.9 Å². The maximum atomic E-state index is 13.3. The van der Waals surface area contributed by atoms with Gasteiger partial charge in [-0.25, -0.2) is 4.39 Å². The fourth-order valence-electron chi connectivity index (χ4n) is 2.29. The summed E-state index contributed by atoms with van der Waals surface area (Å²) in [6.45, 7) is 4.02. The van der Waals surface area contributed by atoms with Crippen molar-refractivity contribution < 1.29 is 14.3 Å². The van der Waals surface area contributed by atoms with Crippen molar-refractivity contribution in [1.82, 2.24) is 4.57 Å². The zero-order valence-corrected chi connectivity index (χ0v) is 10.5. The van der Waals surface area contributed by atoms with Crippen LogP contribution in [0.4, 0.5) is 4.39 Å². The van der Waals surface area contributed by atoms with Crippen molar-refractivity contribution in [3.05, 3.63) is 35.8 Å². The fraction of sp³-hybridized carbons (Fsp3) is 0.357. The van der Waals surface area contributed by atoms with Gasteiger partial charge < -0.3 is 9.67 Å². The molecule has 2 aromatic rings. The third kappa shape index (κ3) is 2.37. The van der Waals surface area contributed by atoms with Gasteiger partial charge in [0.2, 0.25) is 0 Å². The van der Waals surface area contributed by atoms with E-state index in [1.54, 1.807) is 6.07 Å². The first-order chi connectivity index (χ1) is 8.49. The van der Waals surface area contributed by atoms with Gasteiger partial charge in [0, 0.05) is 17.1 Å². The van der Waals surface area contributed by atoms with Gasteiger partial charge >= 0.3 is 5.97 Å². The summed E-state index contributed by atoms with van der Waals surface area (Å²) in [7, 11) is 0. The summed E-state index contributed by atoms with van der Waals surface area (Å²) in [5.74, 6) is -1.09. The molecule has 0 saturated heterocycles. The van der Waals surface area contributed by atoms with E-state index in [0.717, 1.165) is 16.6 Å². The normalized spacial score (nSPS) is 11.3. The summed E-state index contributed by atoms with van der Waals surface area (Å²) >= 11 is 0. The van der Waals surface area contributed by atoms with Gasteiger partial charge in [-0.1, -0.05) is 0 Å². The van der Waals surface area contributed by atoms with E-state index < -0.39 is 5.97 Å². The smallest absolute Gasteiger partial charge is 0.303 e. The maximum Gasteiger partial charge on any atom is 0.303 e. The highest BCUT2D eigenvalue weighted by molar-refractivity contribution is 5.81. The van der Waals surface area contributed by atoms with Crippen LogP contribution in [0.15, 0.2) is 24.3 Å². The second-order valence-corrected chi connectivity index (χ2v) is 4.70. The Kier molecular flexibility index (Phi) is 3.36. The molecule has 1 aromatic heterocycles. The molecule has 0 aliphatic rings. The van der Waals surface area contributed by atoms with Crippen molar-refractivity contribution in [2.75, 3.05) is 0 Å². The highest BCUT2D eigenvalue weighted by Gasteiger charge is 2.13. The number of hydrogen-bond donors (Lipinski definition) is 1. The van der Waals surface area contributed by atoms with Crippen LogP contribution in [0.5, 0.6) is 0 Å². The van der Waals surface area contributed by atoms with Crippen molar-refractivity contribution in [1.29, 1.82) is 0 Å². The molecule has 96 valence electrons. The number of aromatic nitrogens is 1. The number of aliphatic carboxylic acids is 1. The first-order valence-electron chi connectivity index (χ1n) is 6.00. The van der Waals surface area contributed by atoms with Gasteiger partial charge in [0.25, 0.3) is 0 Å². The lowest BCUT2D eigenvalue weighted by Gasteiger charge is -2.14. The Morgan fingerprint density at radius 3 is 2.72 bits per heavy atom. The molecule has 0 unspecified atom stereocenters. The number of nitrogens with zero attached hydrogens (tertiary/aromatic N) is 1. The lowest BCUT2D eigenvalue weighted by Crippen LogP contribution is -2.07. The van der Waals surface area contributed by atoms with Crippen LogP contribution in [0, 0.1) is 5.82 Å². The van der Waals surface area contributed by atoms with E-state index >= 15 is 0 Å². The zero-order valence-electron chi connectivity index (χ0n) is 10.5. The summed E-state index contributed by atoms with van der Waals surface area (Å²) in [4.78, 5) is 10.7. The Morgan fingerprint density at radius 2 is 2.11 bits per heavy atom. The third-order valence-electron chi connectivity index (χ3n) is 2.99. The van der Waals surface area contributed by atoms with Crippen molar-refractivity contribution in [2.45, 2.75) is 32.7 Å². The van der Waals surface area contributed by atoms with E-state index in [2.05, 4.69) is 0 Å². The topological polar surface area (TPSA) is 42.2 Å². The molecular formula is C14H16FNO2. The molecule has 0 aliphatic heterocycles. The quantitative estimate of drug-likeness (QED) is 0.902. The predicted molar refractivity (Wildman–Crippen MR) is 68.2 cm³/mol. The first kappa shape index (κ1) is 12.6. The molecule has 0 amide bonds. The van der Waals surface area contributed by atoms with Crippen LogP contribution >= 0.6 is 0 Å². The van der Waals surface area contributed by atoms with E-state index in [1.165, 1.54) is 12.1 Å². The summed E-state index contributed by atoms with van der Waals surface area (Å²) in [5.41, 5.74) is 1.76. The van der Waals surface area contributed by atoms with Crippen molar-refractivity contribution >= 4 is 16.9 Å². The molecule has 0 bridgehead atoms. The largest absolute Gasteiger partial charge is 0.481 e. The van der Waals surface area contributed by atoms with Gasteiger partial charge in [0.05, 0.1) is 11.9 Å². The van der Waals surface area contributed by atoms with Crippen LogP contribution in [-0.2, 0) is 11.2 Å². The molecule has 1 N–H and O–H groups in total. The number of aryl methyl sites for hydroxylation is 1. The molecule has 0 spiro atoms. The third-order valence-corrected chi connectivity index (χ3v) is 2.99. The predicted octanol–water partition coefficient (Wildman–Crippen LogP) is 3.38. The monoisotopic (exact) mass is 249 g/mol. The Balaban J connectivity index is 2.51. The molecule has 1 heterocycles. The Bertz CT molecular complexity index is 587. The minimum Gasteiger partial charge on any atom is -0.481 e. The number of benzene rings is 1. The van der Waals surface area contributed by atoms with E-state index in [4.69, 9.17) is 5.11 Å². The van der Waals surface area contributed by atoms with E-state index in [-0.39, 0.29) is 18.3 Å². The van der Waals surface area contributed by atoms with Gasteiger partial charge in [0.15, 0.2) is 0 Å². The van der Waals surface area contributed by atoms with Gasteiger partial charge in [-0.05, 0) is 44.5 Å². The van der Waals surface area contributed by atoms with E-state index in [0.29, 0.717) is 6.42 Å². The molecule has 4 heteroatoms. The van der Waals surface area contributed by atoms with Gasteiger partial charge in [-0.3, -0.25) is 4.79 Å². The van der Waals surface area contributed by atoms with Crippen LogP contribution in [-0.4, -0.2) is 15.6 Å². The Hall–Kier alpha value is -1.84. The lowest BCUT2D eigenvalue weighted by atomic mass is 10.2. The number of carboxylic acid groups (broad SMARTS) is 1. The highest BCUT2D eigenvalue weighted by atomic mass is 19.1. The summed E-state index contributed by atoms with van der Waals surface area (Å²) in [6.07, 6.45) is 0.551. The number of carbonyl (C=O) groups is 1. The second-order valence-electron chi connectivity index (χ2n) is 4.70. The lowest BCUT2D eigenvalue weighted by molar-refractivity contribution is -0.136. The Labute approximate surface area is 105 Å². The van der Waals surface area contributed by atoms with Gasteiger partial charge in [-0.2, -0.15) is 0 Å². The van der Waals surface area contributed by atoms with Crippen molar-refractivity contribution in [2.24, 2.45) is 0 Å². The molecule has 18 heavy (non-hydrogen) atoms. The molecule has 0 aliphatic carbocycles. The molecule has 3 nitrogen and oxygen atoms in total. The molecule has 1 aromatic carbocycles. The number of hydrogen-bond acceptors (Lipinski definition) is 1. The minimum atomic E-state index is -0.818. The standard InChI is InChI=1S/C14H16FNO2/c1-9(2)16-12(5-6-14(17)18)7-10-3-4-11(15)8-13(10)16/h3-4,7-9H,5-6H2,1-2H3,(H,17,18). The van der Waals surface area contributed by atoms with Gasteiger partial charge in [0.1, 0.15) is 5.82 Å². The average molecular weight is 249 g/mol. The van der Waals surface area contributed by atoms with Gasteiger partial charge in [-0.15, -0.1) is 0 Å². The molecule has 0 atom stereocenters. The van der Waals surface area contributed by atoms with E-state index in [1.807, 2.05) is 24.5 Å². The number of carboxylic acids is 1. The van der Waals surface area contributed by atoms with Crippen molar-refractivity contribution in [3.63, 3.8) is 0 Å².